The van der Waals surface area contributed by atoms with Crippen molar-refractivity contribution >= 4 is 40.7 Å². The minimum absolute atomic E-state index is 0.0783. The molecule has 0 atom stereocenters. The molecule has 0 aliphatic heterocycles. The molecule has 0 N–H and O–H groups in total. The van der Waals surface area contributed by atoms with E-state index in [0.717, 1.165) is 17.1 Å². The third-order valence-corrected chi connectivity index (χ3v) is 3.56. The van der Waals surface area contributed by atoms with Gasteiger partial charge in [0.25, 0.3) is 0 Å². The summed E-state index contributed by atoms with van der Waals surface area (Å²) in [5, 5.41) is 1.32. The van der Waals surface area contributed by atoms with Gasteiger partial charge < -0.3 is 0 Å². The zero-order valence-corrected chi connectivity index (χ0v) is 11.2. The molecule has 1 rings (SSSR count). The monoisotopic (exact) mass is 274 g/mol. The maximum absolute atomic E-state index is 10.6. The van der Waals surface area contributed by atoms with Crippen LogP contribution in [0.5, 0.6) is 0 Å². The lowest BCUT2D eigenvalue weighted by Crippen LogP contribution is -1.82. The van der Waals surface area contributed by atoms with Crippen molar-refractivity contribution in [3.8, 4) is 0 Å². The zero-order valence-electron chi connectivity index (χ0n) is 8.87. The molecule has 0 amide bonds. The van der Waals surface area contributed by atoms with E-state index in [2.05, 4.69) is 0 Å². The van der Waals surface area contributed by atoms with Crippen LogP contribution in [-0.4, -0.2) is 11.5 Å². The molecule has 0 heterocycles. The quantitative estimate of drug-likeness (QED) is 0.443. The van der Waals surface area contributed by atoms with Crippen molar-refractivity contribution in [1.29, 1.82) is 0 Å². The van der Waals surface area contributed by atoms with Crippen LogP contribution in [0.2, 0.25) is 10.0 Å². The van der Waals surface area contributed by atoms with Crippen molar-refractivity contribution in [2.45, 2.75) is 18.2 Å². The van der Waals surface area contributed by atoms with Crippen LogP contribution in [-0.2, 0) is 4.79 Å². The molecule has 16 heavy (non-hydrogen) atoms. The lowest BCUT2D eigenvalue weighted by Gasteiger charge is -2.02. The lowest BCUT2D eigenvalue weighted by molar-refractivity contribution is -0.112. The normalized spacial score (nSPS) is 10.9. The molecule has 0 spiro atoms. The molecule has 0 aromatic heterocycles. The van der Waals surface area contributed by atoms with Gasteiger partial charge in [-0.1, -0.05) is 29.3 Å². The Balaban J connectivity index is 2.40. The first-order valence-corrected chi connectivity index (χ1v) is 6.58. The van der Waals surface area contributed by atoms with Crippen molar-refractivity contribution in [2.75, 3.05) is 5.75 Å². The van der Waals surface area contributed by atoms with Crippen LogP contribution in [0, 0.1) is 0 Å². The summed E-state index contributed by atoms with van der Waals surface area (Å²) in [5.41, 5.74) is 0. The van der Waals surface area contributed by atoms with Crippen LogP contribution < -0.4 is 0 Å². The van der Waals surface area contributed by atoms with Crippen LogP contribution in [0.25, 0.3) is 0 Å². The summed E-state index contributed by atoms with van der Waals surface area (Å²) in [4.78, 5) is 11.7. The molecule has 0 saturated carbocycles. The number of halogens is 2. The van der Waals surface area contributed by atoms with Crippen molar-refractivity contribution in [1.82, 2.24) is 0 Å². The molecule has 0 aliphatic carbocycles. The topological polar surface area (TPSA) is 17.1 Å². The SMILES string of the molecule is CC(=O)C=CCCSc1ccc(Cl)cc1Cl. The van der Waals surface area contributed by atoms with Crippen molar-refractivity contribution in [2.24, 2.45) is 0 Å². The predicted molar refractivity (Wildman–Crippen MR) is 71.6 cm³/mol. The molecule has 0 radical (unpaired) electrons. The van der Waals surface area contributed by atoms with E-state index in [4.69, 9.17) is 23.2 Å². The van der Waals surface area contributed by atoms with E-state index in [1.165, 1.54) is 0 Å². The molecule has 1 nitrogen and oxygen atoms in total. The Morgan fingerprint density at radius 1 is 1.44 bits per heavy atom. The fourth-order valence-electron chi connectivity index (χ4n) is 1.08. The predicted octanol–water partition coefficient (Wildman–Crippen LogP) is 4.62. The first-order chi connectivity index (χ1) is 7.59. The van der Waals surface area contributed by atoms with Gasteiger partial charge in [-0.2, -0.15) is 0 Å². The molecule has 0 saturated heterocycles. The van der Waals surface area contributed by atoms with E-state index in [-0.39, 0.29) is 5.78 Å². The Morgan fingerprint density at radius 3 is 2.81 bits per heavy atom. The van der Waals surface area contributed by atoms with E-state index in [1.807, 2.05) is 18.2 Å². The molecule has 4 heteroatoms. The molecule has 0 bridgehead atoms. The van der Waals surface area contributed by atoms with Crippen molar-refractivity contribution in [3.63, 3.8) is 0 Å². The summed E-state index contributed by atoms with van der Waals surface area (Å²) in [6.07, 6.45) is 4.31. The number of ketones is 1. The first kappa shape index (κ1) is 13.6. The second-order valence-corrected chi connectivity index (χ2v) is 5.21. The van der Waals surface area contributed by atoms with Crippen molar-refractivity contribution in [3.05, 3.63) is 40.4 Å². The first-order valence-electron chi connectivity index (χ1n) is 4.84. The van der Waals surface area contributed by atoms with Crippen LogP contribution in [0.4, 0.5) is 0 Å². The second kappa shape index (κ2) is 7.00. The number of hydrogen-bond donors (Lipinski definition) is 0. The van der Waals surface area contributed by atoms with Gasteiger partial charge in [0.1, 0.15) is 0 Å². The van der Waals surface area contributed by atoms with Crippen LogP contribution in [0.1, 0.15) is 13.3 Å². The second-order valence-electron chi connectivity index (χ2n) is 3.22. The highest BCUT2D eigenvalue weighted by molar-refractivity contribution is 7.99. The largest absolute Gasteiger partial charge is 0.295 e. The molecule has 1 aromatic rings. The highest BCUT2D eigenvalue weighted by Gasteiger charge is 2.00. The number of rotatable bonds is 5. The standard InChI is InChI=1S/C12H12Cl2OS/c1-9(15)4-2-3-7-16-12-6-5-10(13)8-11(12)14/h2,4-6,8H,3,7H2,1H3. The Bertz CT molecular complexity index is 402. The fraction of sp³-hybridized carbons (Fsp3) is 0.250. The number of hydrogen-bond acceptors (Lipinski definition) is 2. The molecule has 0 aliphatic rings. The third kappa shape index (κ3) is 5.06. The minimum Gasteiger partial charge on any atom is -0.295 e. The average Bonchev–Trinajstić information content (AvgIpc) is 2.20. The van der Waals surface area contributed by atoms with Gasteiger partial charge >= 0.3 is 0 Å². The fourth-order valence-corrected chi connectivity index (χ4v) is 2.49. The van der Waals surface area contributed by atoms with Crippen LogP contribution in [0.3, 0.4) is 0 Å². The number of allylic oxidation sites excluding steroid dienone is 2. The Hall–Kier alpha value is -0.440. The third-order valence-electron chi connectivity index (χ3n) is 1.79. The highest BCUT2D eigenvalue weighted by Crippen LogP contribution is 2.29. The van der Waals surface area contributed by atoms with Gasteiger partial charge in [-0.15, -0.1) is 11.8 Å². The zero-order chi connectivity index (χ0) is 12.0. The van der Waals surface area contributed by atoms with Gasteiger partial charge in [-0.25, -0.2) is 0 Å². The maximum Gasteiger partial charge on any atom is 0.152 e. The summed E-state index contributed by atoms with van der Waals surface area (Å²) >= 11 is 13.5. The molecule has 0 fully saturated rings. The minimum atomic E-state index is 0.0783. The van der Waals surface area contributed by atoms with E-state index < -0.39 is 0 Å². The Morgan fingerprint density at radius 2 is 2.19 bits per heavy atom. The molecular formula is C12H12Cl2OS. The number of carbonyl (C=O) groups excluding carboxylic acids is 1. The molecule has 0 unspecified atom stereocenters. The van der Waals surface area contributed by atoms with Crippen LogP contribution >= 0.6 is 35.0 Å². The number of thioether (sulfide) groups is 1. The van der Waals surface area contributed by atoms with E-state index >= 15 is 0 Å². The Kier molecular flexibility index (Phi) is 5.96. The van der Waals surface area contributed by atoms with Gasteiger partial charge in [0.05, 0.1) is 5.02 Å². The summed E-state index contributed by atoms with van der Waals surface area (Å²) in [7, 11) is 0. The summed E-state index contributed by atoms with van der Waals surface area (Å²) in [6.45, 7) is 1.54. The van der Waals surface area contributed by atoms with Gasteiger partial charge in [0.2, 0.25) is 0 Å². The number of carbonyl (C=O) groups is 1. The maximum atomic E-state index is 10.6. The molecule has 1 aromatic carbocycles. The summed E-state index contributed by atoms with van der Waals surface area (Å²) < 4.78 is 0. The molecular weight excluding hydrogens is 263 g/mol. The number of benzene rings is 1. The summed E-state index contributed by atoms with van der Waals surface area (Å²) in [6, 6.07) is 5.46. The molecule has 86 valence electrons. The Labute approximate surface area is 110 Å². The van der Waals surface area contributed by atoms with E-state index in [1.54, 1.807) is 30.8 Å². The van der Waals surface area contributed by atoms with Gasteiger partial charge in [0, 0.05) is 15.7 Å². The highest BCUT2D eigenvalue weighted by atomic mass is 35.5. The van der Waals surface area contributed by atoms with Gasteiger partial charge in [-0.05, 0) is 37.6 Å². The van der Waals surface area contributed by atoms with Crippen molar-refractivity contribution < 1.29 is 4.79 Å². The van der Waals surface area contributed by atoms with Gasteiger partial charge in [0.15, 0.2) is 5.78 Å². The summed E-state index contributed by atoms with van der Waals surface area (Å²) in [5.74, 6) is 0.972. The smallest absolute Gasteiger partial charge is 0.152 e. The van der Waals surface area contributed by atoms with Crippen LogP contribution in [0.15, 0.2) is 35.2 Å². The van der Waals surface area contributed by atoms with Gasteiger partial charge in [-0.3, -0.25) is 4.79 Å². The average molecular weight is 275 g/mol. The van der Waals surface area contributed by atoms with E-state index in [9.17, 15) is 4.79 Å². The van der Waals surface area contributed by atoms with E-state index in [0.29, 0.717) is 10.0 Å². The lowest BCUT2D eigenvalue weighted by atomic mass is 10.3.